The summed E-state index contributed by atoms with van der Waals surface area (Å²) in [5, 5.41) is 4.30. The van der Waals surface area contributed by atoms with Crippen molar-refractivity contribution in [1.29, 1.82) is 0 Å². The molecule has 0 radical (unpaired) electrons. The molecule has 1 aromatic carbocycles. The molecule has 1 aliphatic rings. The zero-order valence-corrected chi connectivity index (χ0v) is 13.4. The Morgan fingerprint density at radius 2 is 2.37 bits per heavy atom. The Hall–Kier alpha value is -0.290. The van der Waals surface area contributed by atoms with Gasteiger partial charge in [-0.15, -0.1) is 0 Å². The summed E-state index contributed by atoms with van der Waals surface area (Å²) in [4.78, 5) is 0. The van der Waals surface area contributed by atoms with Crippen LogP contribution >= 0.6 is 27.5 Å². The van der Waals surface area contributed by atoms with Crippen molar-refractivity contribution >= 4 is 33.2 Å². The largest absolute Gasteiger partial charge is 0.378 e. The van der Waals surface area contributed by atoms with Crippen LogP contribution in [0.4, 0.5) is 5.69 Å². The maximum Gasteiger partial charge on any atom is 0.0595 e. The molecule has 3 N–H and O–H groups in total. The van der Waals surface area contributed by atoms with Gasteiger partial charge in [-0.25, -0.2) is 0 Å². The third-order valence-electron chi connectivity index (χ3n) is 3.73. The fourth-order valence-electron chi connectivity index (χ4n) is 2.51. The normalized spacial score (nSPS) is 27.3. The first-order valence-electron chi connectivity index (χ1n) is 6.63. The van der Waals surface area contributed by atoms with Crippen molar-refractivity contribution in [1.82, 2.24) is 0 Å². The first-order chi connectivity index (χ1) is 9.08. The quantitative estimate of drug-likeness (QED) is 0.871. The van der Waals surface area contributed by atoms with Crippen LogP contribution in [0.25, 0.3) is 0 Å². The average molecular weight is 348 g/mol. The number of benzene rings is 1. The Kier molecular flexibility index (Phi) is 5.12. The van der Waals surface area contributed by atoms with E-state index in [1.807, 2.05) is 18.2 Å². The van der Waals surface area contributed by atoms with Crippen molar-refractivity contribution in [3.63, 3.8) is 0 Å². The van der Waals surface area contributed by atoms with Crippen LogP contribution in [0.3, 0.4) is 0 Å². The summed E-state index contributed by atoms with van der Waals surface area (Å²) in [5.74, 6) is 0. The molecule has 1 fully saturated rings. The molecule has 19 heavy (non-hydrogen) atoms. The van der Waals surface area contributed by atoms with Crippen molar-refractivity contribution < 1.29 is 4.74 Å². The molecule has 1 aliphatic heterocycles. The second kappa shape index (κ2) is 6.44. The highest BCUT2D eigenvalue weighted by Crippen LogP contribution is 2.32. The monoisotopic (exact) mass is 346 g/mol. The summed E-state index contributed by atoms with van der Waals surface area (Å²) in [6.45, 7) is 3.51. The lowest BCUT2D eigenvalue weighted by Crippen LogP contribution is -2.52. The predicted octanol–water partition coefficient (Wildman–Crippen LogP) is 3.80. The minimum Gasteiger partial charge on any atom is -0.378 e. The van der Waals surface area contributed by atoms with E-state index >= 15 is 0 Å². The van der Waals surface area contributed by atoms with E-state index in [1.54, 1.807) is 0 Å². The molecule has 3 nitrogen and oxygen atoms in total. The van der Waals surface area contributed by atoms with E-state index in [9.17, 15) is 0 Å². The second-order valence-corrected chi connectivity index (χ2v) is 6.36. The van der Waals surface area contributed by atoms with Gasteiger partial charge in [0.25, 0.3) is 0 Å². The molecule has 1 aromatic rings. The summed E-state index contributed by atoms with van der Waals surface area (Å²) in [6, 6.07) is 5.87. The molecule has 1 saturated heterocycles. The molecule has 0 saturated carbocycles. The highest BCUT2D eigenvalue weighted by molar-refractivity contribution is 9.10. The van der Waals surface area contributed by atoms with Crippen LogP contribution in [0.1, 0.15) is 26.2 Å². The van der Waals surface area contributed by atoms with Gasteiger partial charge < -0.3 is 15.8 Å². The number of nitrogens with two attached hydrogens (primary N) is 1. The first-order valence-corrected chi connectivity index (χ1v) is 7.80. The van der Waals surface area contributed by atoms with Gasteiger partial charge in [0.1, 0.15) is 0 Å². The van der Waals surface area contributed by atoms with Gasteiger partial charge in [0.15, 0.2) is 0 Å². The van der Waals surface area contributed by atoms with E-state index in [-0.39, 0.29) is 5.54 Å². The zero-order valence-electron chi connectivity index (χ0n) is 11.1. The van der Waals surface area contributed by atoms with Gasteiger partial charge in [0, 0.05) is 23.3 Å². The van der Waals surface area contributed by atoms with Crippen molar-refractivity contribution in [2.45, 2.75) is 37.8 Å². The number of hydrogen-bond donors (Lipinski definition) is 2. The van der Waals surface area contributed by atoms with Crippen LogP contribution in [-0.4, -0.2) is 24.8 Å². The molecule has 0 amide bonds. The van der Waals surface area contributed by atoms with E-state index in [1.165, 1.54) is 0 Å². The molecule has 0 spiro atoms. The fourth-order valence-corrected chi connectivity index (χ4v) is 3.01. The number of halogens is 2. The molecule has 0 aliphatic carbocycles. The average Bonchev–Trinajstić information content (AvgIpc) is 2.43. The zero-order chi connectivity index (χ0) is 13.9. The molecule has 106 valence electrons. The summed E-state index contributed by atoms with van der Waals surface area (Å²) in [6.07, 6.45) is 3.19. The minimum atomic E-state index is -0.0772. The Labute approximate surface area is 128 Å². The SMILES string of the molecule is CCC1CC(CN)(Nc2ccc(Cl)c(Br)c2)CCO1. The summed E-state index contributed by atoms with van der Waals surface area (Å²) in [5.41, 5.74) is 6.98. The molecular formula is C14H20BrClN2O. The molecule has 2 unspecified atom stereocenters. The highest BCUT2D eigenvalue weighted by atomic mass is 79.9. The van der Waals surface area contributed by atoms with Crippen molar-refractivity contribution in [3.8, 4) is 0 Å². The van der Waals surface area contributed by atoms with Gasteiger partial charge in [-0.1, -0.05) is 18.5 Å². The van der Waals surface area contributed by atoms with Gasteiger partial charge in [-0.3, -0.25) is 0 Å². The third kappa shape index (κ3) is 3.63. The highest BCUT2D eigenvalue weighted by Gasteiger charge is 2.35. The first kappa shape index (κ1) is 15.1. The van der Waals surface area contributed by atoms with Crippen LogP contribution in [0.2, 0.25) is 5.02 Å². The number of nitrogens with one attached hydrogen (secondary N) is 1. The van der Waals surface area contributed by atoms with Crippen LogP contribution < -0.4 is 11.1 Å². The van der Waals surface area contributed by atoms with Crippen LogP contribution in [0, 0.1) is 0 Å². The Balaban J connectivity index is 2.15. The molecule has 0 bridgehead atoms. The topological polar surface area (TPSA) is 47.3 Å². The lowest BCUT2D eigenvalue weighted by molar-refractivity contribution is -0.0125. The van der Waals surface area contributed by atoms with E-state index in [2.05, 4.69) is 28.2 Å². The van der Waals surface area contributed by atoms with Crippen molar-refractivity contribution in [3.05, 3.63) is 27.7 Å². The Bertz CT molecular complexity index is 443. The molecule has 2 rings (SSSR count). The van der Waals surface area contributed by atoms with E-state index in [0.29, 0.717) is 17.7 Å². The van der Waals surface area contributed by atoms with Crippen LogP contribution in [0.15, 0.2) is 22.7 Å². The Morgan fingerprint density at radius 3 is 3.00 bits per heavy atom. The number of ether oxygens (including phenoxy) is 1. The standard InChI is InChI=1S/C14H20BrClN2O/c1-2-11-8-14(9-17,5-6-19-11)18-10-3-4-13(16)12(15)7-10/h3-4,7,11,18H,2,5-6,8-9,17H2,1H3. The smallest absolute Gasteiger partial charge is 0.0595 e. The van der Waals surface area contributed by atoms with Crippen LogP contribution in [-0.2, 0) is 4.74 Å². The number of anilines is 1. The molecule has 5 heteroatoms. The molecule has 2 atom stereocenters. The van der Waals surface area contributed by atoms with Crippen molar-refractivity contribution in [2.24, 2.45) is 5.73 Å². The molecule has 1 heterocycles. The minimum absolute atomic E-state index is 0.0772. The second-order valence-electron chi connectivity index (χ2n) is 5.09. The number of rotatable bonds is 4. The van der Waals surface area contributed by atoms with Crippen molar-refractivity contribution in [2.75, 3.05) is 18.5 Å². The van der Waals surface area contributed by atoms with Gasteiger partial charge in [-0.05, 0) is 53.4 Å². The van der Waals surface area contributed by atoms with Gasteiger partial charge in [0.2, 0.25) is 0 Å². The maximum absolute atomic E-state index is 6.02. The third-order valence-corrected chi connectivity index (χ3v) is 4.94. The fraction of sp³-hybridized carbons (Fsp3) is 0.571. The number of hydrogen-bond acceptors (Lipinski definition) is 3. The lowest BCUT2D eigenvalue weighted by atomic mass is 9.85. The van der Waals surface area contributed by atoms with Gasteiger partial charge >= 0.3 is 0 Å². The summed E-state index contributed by atoms with van der Waals surface area (Å²) < 4.78 is 6.63. The lowest BCUT2D eigenvalue weighted by Gasteiger charge is -2.41. The molecule has 0 aromatic heterocycles. The predicted molar refractivity (Wildman–Crippen MR) is 83.8 cm³/mol. The molecular weight excluding hydrogens is 328 g/mol. The van der Waals surface area contributed by atoms with E-state index < -0.39 is 0 Å². The summed E-state index contributed by atoms with van der Waals surface area (Å²) in [7, 11) is 0. The van der Waals surface area contributed by atoms with E-state index in [4.69, 9.17) is 22.1 Å². The Morgan fingerprint density at radius 1 is 1.58 bits per heavy atom. The summed E-state index contributed by atoms with van der Waals surface area (Å²) >= 11 is 9.47. The van der Waals surface area contributed by atoms with Crippen LogP contribution in [0.5, 0.6) is 0 Å². The van der Waals surface area contributed by atoms with Gasteiger partial charge in [-0.2, -0.15) is 0 Å². The van der Waals surface area contributed by atoms with E-state index in [0.717, 1.165) is 36.0 Å². The maximum atomic E-state index is 6.02. The van der Waals surface area contributed by atoms with Gasteiger partial charge in [0.05, 0.1) is 16.7 Å².